The van der Waals surface area contributed by atoms with Crippen molar-refractivity contribution in [3.8, 4) is 11.4 Å². The first-order chi connectivity index (χ1) is 20.2. The van der Waals surface area contributed by atoms with Crippen molar-refractivity contribution in [1.82, 2.24) is 19.6 Å². The Bertz CT molecular complexity index is 1740. The number of imidazole rings is 1. The fraction of sp³-hybridized carbons (Fsp3) is 0.267. The van der Waals surface area contributed by atoms with Crippen molar-refractivity contribution in [3.05, 3.63) is 99.5 Å². The monoisotopic (exact) mass is 664 g/mol. The Morgan fingerprint density at radius 3 is 2.37 bits per heavy atom. The van der Waals surface area contributed by atoms with Gasteiger partial charge >= 0.3 is 6.03 Å². The van der Waals surface area contributed by atoms with E-state index in [0.29, 0.717) is 32.9 Å². The van der Waals surface area contributed by atoms with E-state index in [0.717, 1.165) is 11.3 Å². The molecule has 1 aromatic heterocycles. The van der Waals surface area contributed by atoms with Crippen LogP contribution in [0.2, 0.25) is 10.0 Å². The van der Waals surface area contributed by atoms with E-state index in [1.54, 1.807) is 45.4 Å². The van der Waals surface area contributed by atoms with Crippen LogP contribution in [0.25, 0.3) is 5.69 Å². The van der Waals surface area contributed by atoms with Crippen LogP contribution >= 0.6 is 35.0 Å². The maximum atomic E-state index is 13.9. The zero-order valence-corrected chi connectivity index (χ0v) is 27.3. The number of sulfonamides is 1. The Kier molecular flexibility index (Phi) is 10.0. The fourth-order valence-corrected chi connectivity index (χ4v) is 6.93. The number of nitrogens with zero attached hydrogens (tertiary/aromatic N) is 2. The van der Waals surface area contributed by atoms with E-state index in [2.05, 4.69) is 5.32 Å². The summed E-state index contributed by atoms with van der Waals surface area (Å²) < 4.78 is 48.4. The standard InChI is InChI=1S/C30H31Cl2FN4O4S2/c1-18(2)35-28(38)36-43(39,40)23-12-6-19(24(31)15-23)17-42-29-34-16-27(37(29)22-10-8-21(33)9-11-22)30(3,4)20-7-13-26(41-5)25(32)14-20/h6-16,18H,17H2,1-5H3,(H2,35,36,38). The quantitative estimate of drug-likeness (QED) is 0.172. The molecule has 4 aromatic rings. The molecular weight excluding hydrogens is 634 g/mol. The van der Waals surface area contributed by atoms with Gasteiger partial charge in [-0.3, -0.25) is 4.57 Å². The van der Waals surface area contributed by atoms with E-state index in [4.69, 9.17) is 32.9 Å². The summed E-state index contributed by atoms with van der Waals surface area (Å²) in [4.78, 5) is 16.5. The molecule has 0 bridgehead atoms. The van der Waals surface area contributed by atoms with Crippen LogP contribution in [0.3, 0.4) is 0 Å². The lowest BCUT2D eigenvalue weighted by molar-refractivity contribution is 0.243. The second-order valence-electron chi connectivity index (χ2n) is 10.5. The molecule has 0 saturated heterocycles. The molecule has 228 valence electrons. The Labute approximate surface area is 265 Å². The maximum Gasteiger partial charge on any atom is 0.328 e. The van der Waals surface area contributed by atoms with Crippen molar-refractivity contribution >= 4 is 51.0 Å². The maximum absolute atomic E-state index is 13.9. The van der Waals surface area contributed by atoms with Crippen LogP contribution in [0.15, 0.2) is 76.9 Å². The molecule has 0 radical (unpaired) electrons. The number of urea groups is 1. The van der Waals surface area contributed by atoms with E-state index in [9.17, 15) is 17.6 Å². The Balaban J connectivity index is 1.65. The van der Waals surface area contributed by atoms with Crippen LogP contribution in [0.1, 0.15) is 44.5 Å². The molecule has 4 rings (SSSR count). The Hall–Kier alpha value is -3.25. The van der Waals surface area contributed by atoms with E-state index in [1.807, 2.05) is 41.3 Å². The SMILES string of the molecule is COc1ccc(C(C)(C)c2cnc(SCc3ccc(S(=O)(=O)NC(=O)NC(C)C)cc3Cl)n2-c2ccc(F)cc2)cc1Cl. The number of rotatable bonds is 10. The van der Waals surface area contributed by atoms with E-state index in [1.165, 1.54) is 36.0 Å². The van der Waals surface area contributed by atoms with Crippen molar-refractivity contribution in [3.63, 3.8) is 0 Å². The van der Waals surface area contributed by atoms with Crippen LogP contribution in [-0.2, 0) is 21.2 Å². The summed E-state index contributed by atoms with van der Waals surface area (Å²) in [6.45, 7) is 7.52. The van der Waals surface area contributed by atoms with Gasteiger partial charge in [-0.25, -0.2) is 27.3 Å². The number of methoxy groups -OCH3 is 1. The fourth-order valence-electron chi connectivity index (χ4n) is 4.35. The number of carbonyl (C=O) groups is 1. The highest BCUT2D eigenvalue weighted by Crippen LogP contribution is 2.39. The summed E-state index contributed by atoms with van der Waals surface area (Å²) in [7, 11) is -2.57. The Morgan fingerprint density at radius 2 is 1.77 bits per heavy atom. The number of benzene rings is 3. The third-order valence-electron chi connectivity index (χ3n) is 6.67. The molecule has 43 heavy (non-hydrogen) atoms. The van der Waals surface area contributed by atoms with E-state index in [-0.39, 0.29) is 21.8 Å². The lowest BCUT2D eigenvalue weighted by Crippen LogP contribution is -2.42. The molecule has 1 heterocycles. The molecule has 0 saturated carbocycles. The highest BCUT2D eigenvalue weighted by atomic mass is 35.5. The first-order valence-electron chi connectivity index (χ1n) is 13.2. The van der Waals surface area contributed by atoms with Crippen molar-refractivity contribution < 1.29 is 22.3 Å². The summed E-state index contributed by atoms with van der Waals surface area (Å²) in [5, 5.41) is 3.79. The predicted molar refractivity (Wildman–Crippen MR) is 169 cm³/mol. The molecule has 0 aliphatic carbocycles. The zero-order valence-electron chi connectivity index (χ0n) is 24.1. The molecule has 8 nitrogen and oxygen atoms in total. The highest BCUT2D eigenvalue weighted by Gasteiger charge is 2.30. The molecule has 0 spiro atoms. The van der Waals surface area contributed by atoms with Crippen LogP contribution in [0.4, 0.5) is 9.18 Å². The van der Waals surface area contributed by atoms with Crippen LogP contribution in [0, 0.1) is 5.82 Å². The molecular formula is C30H31Cl2FN4O4S2. The summed E-state index contributed by atoms with van der Waals surface area (Å²) >= 11 is 14.3. The third kappa shape index (κ3) is 7.46. The average molecular weight is 666 g/mol. The number of hydrogen-bond acceptors (Lipinski definition) is 6. The molecule has 2 N–H and O–H groups in total. The molecule has 3 aromatic carbocycles. The number of amides is 2. The van der Waals surface area contributed by atoms with Gasteiger partial charge in [0.2, 0.25) is 0 Å². The number of thioether (sulfide) groups is 1. The summed E-state index contributed by atoms with van der Waals surface area (Å²) in [6.07, 6.45) is 1.77. The van der Waals surface area contributed by atoms with Crippen LogP contribution in [-0.4, -0.2) is 37.2 Å². The molecule has 2 amide bonds. The number of carbonyl (C=O) groups excluding carboxylic acids is 1. The Morgan fingerprint density at radius 1 is 1.07 bits per heavy atom. The second kappa shape index (κ2) is 13.2. The van der Waals surface area contributed by atoms with Crippen molar-refractivity contribution in [2.45, 2.75) is 55.0 Å². The van der Waals surface area contributed by atoms with Gasteiger partial charge in [-0.1, -0.05) is 60.9 Å². The topological polar surface area (TPSA) is 102 Å². The first-order valence-corrected chi connectivity index (χ1v) is 16.4. The lowest BCUT2D eigenvalue weighted by atomic mass is 9.81. The zero-order chi connectivity index (χ0) is 31.5. The number of nitrogens with one attached hydrogen (secondary N) is 2. The molecule has 0 aliphatic heterocycles. The molecule has 0 aliphatic rings. The van der Waals surface area contributed by atoms with Gasteiger partial charge in [0.15, 0.2) is 5.16 Å². The summed E-state index contributed by atoms with van der Waals surface area (Å²) in [5.74, 6) is 0.556. The smallest absolute Gasteiger partial charge is 0.328 e. The van der Waals surface area contributed by atoms with Crippen LogP contribution in [0.5, 0.6) is 5.75 Å². The van der Waals surface area contributed by atoms with E-state index < -0.39 is 21.5 Å². The lowest BCUT2D eigenvalue weighted by Gasteiger charge is -2.28. The van der Waals surface area contributed by atoms with Crippen molar-refractivity contribution in [2.24, 2.45) is 0 Å². The average Bonchev–Trinajstić information content (AvgIpc) is 3.36. The number of halogens is 3. The highest BCUT2D eigenvalue weighted by molar-refractivity contribution is 7.98. The van der Waals surface area contributed by atoms with E-state index >= 15 is 0 Å². The molecule has 13 heteroatoms. The first kappa shape index (κ1) is 32.7. The minimum Gasteiger partial charge on any atom is -0.495 e. The number of aromatic nitrogens is 2. The van der Waals surface area contributed by atoms with Crippen molar-refractivity contribution in [2.75, 3.05) is 7.11 Å². The van der Waals surface area contributed by atoms with Gasteiger partial charge in [-0.15, -0.1) is 0 Å². The summed E-state index contributed by atoms with van der Waals surface area (Å²) in [5.41, 5.74) is 2.56. The normalized spacial score (nSPS) is 11.9. The molecule has 0 unspecified atom stereocenters. The van der Waals surface area contributed by atoms with Gasteiger partial charge in [0.25, 0.3) is 10.0 Å². The van der Waals surface area contributed by atoms with Gasteiger partial charge < -0.3 is 10.1 Å². The van der Waals surface area contributed by atoms with Gasteiger partial charge in [0.05, 0.1) is 28.9 Å². The summed E-state index contributed by atoms with van der Waals surface area (Å²) in [6, 6.07) is 15.0. The predicted octanol–water partition coefficient (Wildman–Crippen LogP) is 7.34. The van der Waals surface area contributed by atoms with Crippen LogP contribution < -0.4 is 14.8 Å². The molecule has 0 fully saturated rings. The largest absolute Gasteiger partial charge is 0.495 e. The minimum absolute atomic E-state index is 0.139. The number of hydrogen-bond donors (Lipinski definition) is 2. The molecule has 0 atom stereocenters. The number of ether oxygens (including phenoxy) is 1. The third-order valence-corrected chi connectivity index (χ3v) is 9.64. The van der Waals surface area contributed by atoms with Gasteiger partial charge in [-0.2, -0.15) is 0 Å². The van der Waals surface area contributed by atoms with Gasteiger partial charge in [0, 0.05) is 27.9 Å². The minimum atomic E-state index is -4.12. The second-order valence-corrected chi connectivity index (χ2v) is 13.9. The van der Waals surface area contributed by atoms with Gasteiger partial charge in [-0.05, 0) is 73.5 Å². The van der Waals surface area contributed by atoms with Crippen molar-refractivity contribution in [1.29, 1.82) is 0 Å². The van der Waals surface area contributed by atoms with Gasteiger partial charge in [0.1, 0.15) is 11.6 Å².